The first-order chi connectivity index (χ1) is 15.8. The Morgan fingerprint density at radius 1 is 1.19 bits per heavy atom. The zero-order valence-corrected chi connectivity index (χ0v) is 18.7. The van der Waals surface area contributed by atoms with Crippen LogP contribution in [0.2, 0.25) is 0 Å². The second-order valence-corrected chi connectivity index (χ2v) is 7.03. The van der Waals surface area contributed by atoms with E-state index in [4.69, 9.17) is 0 Å². The van der Waals surface area contributed by atoms with Crippen molar-refractivity contribution in [1.29, 1.82) is 0 Å². The monoisotopic (exact) mass is 426 g/mol. The second kappa shape index (κ2) is 12.2. The summed E-state index contributed by atoms with van der Waals surface area (Å²) in [7, 11) is 1.74. The highest BCUT2D eigenvalue weighted by Gasteiger charge is 2.13. The third kappa shape index (κ3) is 5.68. The van der Waals surface area contributed by atoms with Gasteiger partial charge in [-0.15, -0.1) is 0 Å². The molecule has 3 aromatic rings. The molecule has 164 valence electrons. The van der Waals surface area contributed by atoms with Gasteiger partial charge in [-0.2, -0.15) is 5.11 Å². The third-order valence-electron chi connectivity index (χ3n) is 4.91. The Hall–Kier alpha value is -3.77. The summed E-state index contributed by atoms with van der Waals surface area (Å²) in [6, 6.07) is 10.6. The van der Waals surface area contributed by atoms with Crippen LogP contribution in [0.4, 0.5) is 0 Å². The molecule has 1 aliphatic rings. The number of aromatic nitrogens is 2. The van der Waals surface area contributed by atoms with Gasteiger partial charge in [-0.25, -0.2) is 11.0 Å². The van der Waals surface area contributed by atoms with Crippen molar-refractivity contribution in [3.8, 4) is 11.3 Å². The maximum Gasteiger partial charge on any atom is 0.0801 e. The molecule has 0 saturated heterocycles. The fraction of sp³-hybridized carbons (Fsp3) is 0.192. The highest BCUT2D eigenvalue weighted by atomic mass is 15.6. The van der Waals surface area contributed by atoms with E-state index in [0.29, 0.717) is 6.54 Å². The minimum atomic E-state index is 0.641. The van der Waals surface area contributed by atoms with Crippen LogP contribution in [-0.4, -0.2) is 23.1 Å². The van der Waals surface area contributed by atoms with Gasteiger partial charge in [-0.1, -0.05) is 61.2 Å². The molecule has 0 bridgehead atoms. The molecule has 32 heavy (non-hydrogen) atoms. The van der Waals surface area contributed by atoms with Crippen molar-refractivity contribution in [1.82, 2.24) is 20.5 Å². The molecule has 0 spiro atoms. The minimum absolute atomic E-state index is 0.641. The van der Waals surface area contributed by atoms with Crippen LogP contribution < -0.4 is 11.0 Å². The Bertz CT molecular complexity index is 1140. The van der Waals surface area contributed by atoms with E-state index in [9.17, 15) is 0 Å². The van der Waals surface area contributed by atoms with Crippen molar-refractivity contribution in [2.75, 3.05) is 13.6 Å². The standard InChI is InChI=1S/C20H16N2.C6H14N4/c1-2-22-19-11-10-15-7-4-3-5-9-17(15)18(19)13-20(22)16-8-6-12-21-14-16;1-3-4-5-6-8-10-9-7-2/h2,4-14H,1,3H2;4-5H,3,6H2,1-2H3,(H,7,10)(H,8,9)/b;5-4+. The van der Waals surface area contributed by atoms with E-state index in [-0.39, 0.29) is 0 Å². The SMILES string of the molecule is C=Cn1c(-c2cccnc2)cc2c3c(ccc21)C=CCC=C3.CC/C=C/CN=NNNC. The Morgan fingerprint density at radius 2 is 2.06 bits per heavy atom. The average molecular weight is 427 g/mol. The van der Waals surface area contributed by atoms with E-state index in [1.54, 1.807) is 13.2 Å². The molecule has 0 atom stereocenters. The molecule has 2 heterocycles. The van der Waals surface area contributed by atoms with Crippen LogP contribution in [0.25, 0.3) is 40.5 Å². The minimum Gasteiger partial charge on any atom is -0.316 e. The molecule has 4 rings (SSSR count). The van der Waals surface area contributed by atoms with Gasteiger partial charge in [-0.3, -0.25) is 4.98 Å². The van der Waals surface area contributed by atoms with Crippen molar-refractivity contribution < 1.29 is 0 Å². The third-order valence-corrected chi connectivity index (χ3v) is 4.91. The van der Waals surface area contributed by atoms with Gasteiger partial charge in [-0.05, 0) is 48.2 Å². The first-order valence-electron chi connectivity index (χ1n) is 10.8. The lowest BCUT2D eigenvalue weighted by Gasteiger charge is -2.06. The summed E-state index contributed by atoms with van der Waals surface area (Å²) in [4.78, 5) is 4.24. The Balaban J connectivity index is 0.000000247. The highest BCUT2D eigenvalue weighted by Crippen LogP contribution is 2.33. The molecule has 0 aliphatic heterocycles. The number of hydrazine groups is 1. The molecule has 6 nitrogen and oxygen atoms in total. The van der Waals surface area contributed by atoms with Gasteiger partial charge >= 0.3 is 0 Å². The largest absolute Gasteiger partial charge is 0.316 e. The molecule has 0 fully saturated rings. The van der Waals surface area contributed by atoms with Crippen molar-refractivity contribution in [3.05, 3.63) is 84.7 Å². The maximum atomic E-state index is 4.24. The molecule has 0 saturated carbocycles. The Labute approximate surface area is 189 Å². The first kappa shape index (κ1) is 22.9. The molecule has 2 N–H and O–H groups in total. The molecule has 0 radical (unpaired) electrons. The fourth-order valence-electron chi connectivity index (χ4n) is 3.48. The predicted molar refractivity (Wildman–Crippen MR) is 136 cm³/mol. The maximum absolute atomic E-state index is 4.24. The number of hydrogen-bond donors (Lipinski definition) is 2. The molecule has 1 aromatic carbocycles. The van der Waals surface area contributed by atoms with Crippen LogP contribution in [0.5, 0.6) is 0 Å². The number of allylic oxidation sites excluding steroid dienone is 3. The van der Waals surface area contributed by atoms with Crippen LogP contribution in [0, 0.1) is 0 Å². The Morgan fingerprint density at radius 3 is 2.81 bits per heavy atom. The van der Waals surface area contributed by atoms with E-state index in [2.05, 4.69) is 99.0 Å². The Kier molecular flexibility index (Phi) is 8.71. The zero-order valence-electron chi connectivity index (χ0n) is 18.7. The van der Waals surface area contributed by atoms with E-state index >= 15 is 0 Å². The smallest absolute Gasteiger partial charge is 0.0801 e. The summed E-state index contributed by atoms with van der Waals surface area (Å²) in [5.41, 5.74) is 11.1. The van der Waals surface area contributed by atoms with Gasteiger partial charge in [0.1, 0.15) is 0 Å². The summed E-state index contributed by atoms with van der Waals surface area (Å²) < 4.78 is 2.13. The number of benzene rings is 1. The topological polar surface area (TPSA) is 66.6 Å². The summed E-state index contributed by atoms with van der Waals surface area (Å²) in [6.45, 7) is 6.70. The molecular weight excluding hydrogens is 396 g/mol. The van der Waals surface area contributed by atoms with Crippen LogP contribution in [0.15, 0.2) is 83.9 Å². The number of fused-ring (bicyclic) bond motifs is 3. The molecular formula is C26H30N6. The van der Waals surface area contributed by atoms with Gasteiger partial charge in [0.25, 0.3) is 0 Å². The lowest BCUT2D eigenvalue weighted by Crippen LogP contribution is -2.20. The molecule has 0 amide bonds. The molecule has 2 aromatic heterocycles. The quantitative estimate of drug-likeness (QED) is 0.265. The van der Waals surface area contributed by atoms with E-state index < -0.39 is 0 Å². The van der Waals surface area contributed by atoms with Gasteiger partial charge in [0.05, 0.1) is 17.8 Å². The van der Waals surface area contributed by atoms with E-state index in [0.717, 1.165) is 24.1 Å². The van der Waals surface area contributed by atoms with Crippen LogP contribution in [-0.2, 0) is 0 Å². The van der Waals surface area contributed by atoms with Gasteiger partial charge in [0.15, 0.2) is 0 Å². The van der Waals surface area contributed by atoms with E-state index in [1.165, 1.54) is 22.0 Å². The van der Waals surface area contributed by atoms with Gasteiger partial charge in [0, 0.05) is 36.6 Å². The summed E-state index contributed by atoms with van der Waals surface area (Å²) in [6.07, 6.45) is 20.4. The second-order valence-electron chi connectivity index (χ2n) is 7.03. The number of pyridine rings is 1. The number of rotatable bonds is 7. The first-order valence-corrected chi connectivity index (χ1v) is 10.8. The lowest BCUT2D eigenvalue weighted by molar-refractivity contribution is 0.591. The number of nitrogens with one attached hydrogen (secondary N) is 2. The normalized spacial score (nSPS) is 12.6. The van der Waals surface area contributed by atoms with Gasteiger partial charge in [0.2, 0.25) is 0 Å². The zero-order chi connectivity index (χ0) is 22.6. The van der Waals surface area contributed by atoms with Crippen molar-refractivity contribution >= 4 is 29.3 Å². The molecule has 6 heteroatoms. The lowest BCUT2D eigenvalue weighted by atomic mass is 10.0. The van der Waals surface area contributed by atoms with Crippen LogP contribution >= 0.6 is 0 Å². The van der Waals surface area contributed by atoms with Crippen molar-refractivity contribution in [2.24, 2.45) is 10.3 Å². The van der Waals surface area contributed by atoms with Crippen molar-refractivity contribution in [2.45, 2.75) is 19.8 Å². The fourth-order valence-corrected chi connectivity index (χ4v) is 3.48. The van der Waals surface area contributed by atoms with Crippen LogP contribution in [0.3, 0.4) is 0 Å². The number of nitrogens with zero attached hydrogens (tertiary/aromatic N) is 4. The molecule has 1 aliphatic carbocycles. The summed E-state index contributed by atoms with van der Waals surface area (Å²) in [5, 5.41) is 8.59. The highest BCUT2D eigenvalue weighted by molar-refractivity contribution is 5.98. The van der Waals surface area contributed by atoms with Crippen molar-refractivity contribution in [3.63, 3.8) is 0 Å². The van der Waals surface area contributed by atoms with Crippen LogP contribution in [0.1, 0.15) is 30.9 Å². The number of hydrogen-bond acceptors (Lipinski definition) is 4. The summed E-state index contributed by atoms with van der Waals surface area (Å²) >= 11 is 0. The molecule has 0 unspecified atom stereocenters. The summed E-state index contributed by atoms with van der Waals surface area (Å²) in [5.74, 6) is 0. The van der Waals surface area contributed by atoms with E-state index in [1.807, 2.05) is 24.5 Å². The van der Waals surface area contributed by atoms with Gasteiger partial charge < -0.3 is 4.57 Å². The predicted octanol–water partition coefficient (Wildman–Crippen LogP) is 6.28. The average Bonchev–Trinajstić information content (AvgIpc) is 3.04.